The number of anilines is 2. The molecule has 3 nitrogen and oxygen atoms in total. The van der Waals surface area contributed by atoms with Gasteiger partial charge in [-0.25, -0.2) is 0 Å². The summed E-state index contributed by atoms with van der Waals surface area (Å²) < 4.78 is 4.27. The van der Waals surface area contributed by atoms with E-state index in [1.807, 2.05) is 0 Å². The zero-order valence-electron chi connectivity index (χ0n) is 10.1. The van der Waals surface area contributed by atoms with E-state index in [1.165, 1.54) is 17.8 Å². The number of thioether (sulfide) groups is 1. The van der Waals surface area contributed by atoms with Gasteiger partial charge in [-0.2, -0.15) is 4.37 Å². The molecular formula is C11H19N3S2. The van der Waals surface area contributed by atoms with Gasteiger partial charge in [-0.15, -0.1) is 11.8 Å². The number of piperidine rings is 1. The molecule has 0 spiro atoms. The van der Waals surface area contributed by atoms with Crippen LogP contribution in [0.3, 0.4) is 0 Å². The predicted octanol–water partition coefficient (Wildman–Crippen LogP) is 3.07. The van der Waals surface area contributed by atoms with Crippen LogP contribution in [0.1, 0.15) is 26.7 Å². The molecule has 1 aromatic rings. The lowest BCUT2D eigenvalue weighted by molar-refractivity contribution is 0.378. The smallest absolute Gasteiger partial charge is 0.153 e. The van der Waals surface area contributed by atoms with Crippen molar-refractivity contribution < 1.29 is 0 Å². The topological polar surface area (TPSA) is 42.1 Å². The molecule has 2 N–H and O–H groups in total. The summed E-state index contributed by atoms with van der Waals surface area (Å²) >= 11 is 3.25. The first-order chi connectivity index (χ1) is 7.63. The maximum atomic E-state index is 5.88. The Kier molecular flexibility index (Phi) is 3.64. The summed E-state index contributed by atoms with van der Waals surface area (Å²) in [6.45, 7) is 5.78. The van der Waals surface area contributed by atoms with Crippen molar-refractivity contribution in [3.63, 3.8) is 0 Å². The van der Waals surface area contributed by atoms with Crippen LogP contribution in [0.4, 0.5) is 10.8 Å². The normalized spacial score (nSPS) is 26.1. The van der Waals surface area contributed by atoms with Gasteiger partial charge in [0.15, 0.2) is 5.82 Å². The number of nitrogens with two attached hydrogens (primary N) is 1. The fourth-order valence-electron chi connectivity index (χ4n) is 2.37. The molecule has 0 radical (unpaired) electrons. The van der Waals surface area contributed by atoms with Crippen LogP contribution >= 0.6 is 23.3 Å². The molecule has 90 valence electrons. The van der Waals surface area contributed by atoms with Crippen molar-refractivity contribution in [2.45, 2.75) is 37.6 Å². The van der Waals surface area contributed by atoms with Crippen LogP contribution in [0.2, 0.25) is 0 Å². The number of nitrogen functional groups attached to an aromatic ring is 1. The first-order valence-electron chi connectivity index (χ1n) is 5.69. The van der Waals surface area contributed by atoms with E-state index in [1.54, 1.807) is 23.3 Å². The van der Waals surface area contributed by atoms with Crippen molar-refractivity contribution in [3.05, 3.63) is 0 Å². The molecule has 2 atom stereocenters. The Morgan fingerprint density at radius 2 is 2.25 bits per heavy atom. The number of hydrogen-bond donors (Lipinski definition) is 1. The highest BCUT2D eigenvalue weighted by molar-refractivity contribution is 7.99. The van der Waals surface area contributed by atoms with Gasteiger partial charge in [0, 0.05) is 12.6 Å². The Labute approximate surface area is 106 Å². The summed E-state index contributed by atoms with van der Waals surface area (Å²) in [4.78, 5) is 3.63. The molecule has 0 amide bonds. The highest BCUT2D eigenvalue weighted by Crippen LogP contribution is 2.40. The molecule has 0 aliphatic carbocycles. The molecule has 1 aliphatic heterocycles. The monoisotopic (exact) mass is 257 g/mol. The minimum Gasteiger partial charge on any atom is -0.382 e. The molecule has 1 fully saturated rings. The molecule has 2 heterocycles. The first-order valence-corrected chi connectivity index (χ1v) is 7.69. The highest BCUT2D eigenvalue weighted by atomic mass is 32.2. The highest BCUT2D eigenvalue weighted by Gasteiger charge is 2.26. The Hall–Kier alpha value is -0.420. The van der Waals surface area contributed by atoms with Gasteiger partial charge in [0.25, 0.3) is 0 Å². The standard InChI is InChI=1S/C11H19N3S2/c1-7-4-5-14(8(2)6-7)11-9(15-3)10(12)13-16-11/h7-8H,4-6H2,1-3H3,(H2,12,13). The van der Waals surface area contributed by atoms with Crippen molar-refractivity contribution >= 4 is 34.1 Å². The molecule has 0 aromatic carbocycles. The fraction of sp³-hybridized carbons (Fsp3) is 0.727. The number of rotatable bonds is 2. The minimum absolute atomic E-state index is 0.606. The second kappa shape index (κ2) is 4.84. The maximum absolute atomic E-state index is 5.88. The molecule has 2 rings (SSSR count). The molecule has 0 bridgehead atoms. The second-order valence-electron chi connectivity index (χ2n) is 4.58. The SMILES string of the molecule is CSc1c(N)nsc1N1CCC(C)CC1C. The Balaban J connectivity index is 2.23. The summed E-state index contributed by atoms with van der Waals surface area (Å²) in [6, 6.07) is 0.606. The number of hydrogen-bond acceptors (Lipinski definition) is 5. The summed E-state index contributed by atoms with van der Waals surface area (Å²) in [5.74, 6) is 1.53. The van der Waals surface area contributed by atoms with Gasteiger partial charge in [-0.05, 0) is 43.5 Å². The third-order valence-corrected chi connectivity index (χ3v) is 5.10. The average molecular weight is 257 g/mol. The Morgan fingerprint density at radius 3 is 2.88 bits per heavy atom. The molecule has 2 unspecified atom stereocenters. The van der Waals surface area contributed by atoms with E-state index in [0.29, 0.717) is 11.9 Å². The van der Waals surface area contributed by atoms with E-state index in [0.717, 1.165) is 17.4 Å². The van der Waals surface area contributed by atoms with Gasteiger partial charge in [-0.3, -0.25) is 0 Å². The largest absolute Gasteiger partial charge is 0.382 e. The molecule has 1 aromatic heterocycles. The van der Waals surface area contributed by atoms with Crippen LogP contribution in [-0.2, 0) is 0 Å². The summed E-state index contributed by atoms with van der Waals surface area (Å²) in [6.07, 6.45) is 4.61. The van der Waals surface area contributed by atoms with Gasteiger partial charge in [0.1, 0.15) is 5.00 Å². The maximum Gasteiger partial charge on any atom is 0.153 e. The third kappa shape index (κ3) is 2.15. The van der Waals surface area contributed by atoms with Gasteiger partial charge >= 0.3 is 0 Å². The summed E-state index contributed by atoms with van der Waals surface area (Å²) in [7, 11) is 0. The van der Waals surface area contributed by atoms with E-state index in [4.69, 9.17) is 5.73 Å². The van der Waals surface area contributed by atoms with Crippen LogP contribution in [0.25, 0.3) is 0 Å². The van der Waals surface area contributed by atoms with Crippen LogP contribution in [0, 0.1) is 5.92 Å². The van der Waals surface area contributed by atoms with E-state index in [9.17, 15) is 0 Å². The first kappa shape index (κ1) is 12.0. The van der Waals surface area contributed by atoms with Gasteiger partial charge in [0.2, 0.25) is 0 Å². The van der Waals surface area contributed by atoms with Crippen molar-refractivity contribution in [1.82, 2.24) is 4.37 Å². The van der Waals surface area contributed by atoms with Gasteiger partial charge in [0.05, 0.1) is 4.90 Å². The molecule has 0 saturated carbocycles. The molecule has 16 heavy (non-hydrogen) atoms. The van der Waals surface area contributed by atoms with Gasteiger partial charge < -0.3 is 10.6 Å². The summed E-state index contributed by atoms with van der Waals surface area (Å²) in [5.41, 5.74) is 5.88. The lowest BCUT2D eigenvalue weighted by atomic mass is 9.94. The van der Waals surface area contributed by atoms with E-state index in [2.05, 4.69) is 29.4 Å². The van der Waals surface area contributed by atoms with Gasteiger partial charge in [-0.1, -0.05) is 6.92 Å². The molecular weight excluding hydrogens is 238 g/mol. The Morgan fingerprint density at radius 1 is 1.50 bits per heavy atom. The molecule has 1 saturated heterocycles. The van der Waals surface area contributed by atoms with Crippen molar-refractivity contribution in [2.75, 3.05) is 23.4 Å². The zero-order chi connectivity index (χ0) is 11.7. The van der Waals surface area contributed by atoms with Crippen LogP contribution < -0.4 is 10.6 Å². The lowest BCUT2D eigenvalue weighted by Crippen LogP contribution is -2.40. The number of nitrogens with zero attached hydrogens (tertiary/aromatic N) is 2. The van der Waals surface area contributed by atoms with Crippen molar-refractivity contribution in [2.24, 2.45) is 5.92 Å². The third-order valence-electron chi connectivity index (χ3n) is 3.26. The molecule has 1 aliphatic rings. The average Bonchev–Trinajstić information content (AvgIpc) is 2.59. The predicted molar refractivity (Wildman–Crippen MR) is 73.5 cm³/mol. The lowest BCUT2D eigenvalue weighted by Gasteiger charge is -2.37. The number of aromatic nitrogens is 1. The minimum atomic E-state index is 0.606. The van der Waals surface area contributed by atoms with Crippen LogP contribution in [0.15, 0.2) is 4.90 Å². The van der Waals surface area contributed by atoms with E-state index in [-0.39, 0.29) is 0 Å². The summed E-state index contributed by atoms with van der Waals surface area (Å²) in [5, 5.41) is 1.27. The molecule has 5 heteroatoms. The zero-order valence-corrected chi connectivity index (χ0v) is 11.7. The van der Waals surface area contributed by atoms with Crippen molar-refractivity contribution in [1.29, 1.82) is 0 Å². The van der Waals surface area contributed by atoms with Crippen LogP contribution in [0.5, 0.6) is 0 Å². The van der Waals surface area contributed by atoms with Crippen molar-refractivity contribution in [3.8, 4) is 0 Å². The van der Waals surface area contributed by atoms with Crippen LogP contribution in [-0.4, -0.2) is 23.2 Å². The fourth-order valence-corrected chi connectivity index (χ4v) is 4.17. The Bertz CT molecular complexity index is 364. The van der Waals surface area contributed by atoms with E-state index < -0.39 is 0 Å². The second-order valence-corrected chi connectivity index (χ2v) is 6.15. The quantitative estimate of drug-likeness (QED) is 0.827. The van der Waals surface area contributed by atoms with E-state index >= 15 is 0 Å².